The van der Waals surface area contributed by atoms with Crippen molar-refractivity contribution in [1.29, 1.82) is 0 Å². The maximum Gasteiger partial charge on any atom is 0.308 e. The van der Waals surface area contributed by atoms with Gasteiger partial charge in [0.05, 0.1) is 112 Å². The topological polar surface area (TPSA) is 126 Å². The molecule has 0 aromatic carbocycles. The molecule has 12 nitrogen and oxygen atoms in total. The number of hydrogen-bond acceptors (Lipinski definition) is 12. The monoisotopic (exact) mass is 596 g/mol. The first kappa shape index (κ1) is 39.6. The summed E-state index contributed by atoms with van der Waals surface area (Å²) < 4.78 is 53.6. The minimum atomic E-state index is -0.473. The Morgan fingerprint density at radius 3 is 1.12 bits per heavy atom. The van der Waals surface area contributed by atoms with Gasteiger partial charge in [-0.15, -0.1) is 0 Å². The van der Waals surface area contributed by atoms with Crippen molar-refractivity contribution in [3.63, 3.8) is 0 Å². The lowest BCUT2D eigenvalue weighted by atomic mass is 10.2. The quantitative estimate of drug-likeness (QED) is 0.0862. The molecule has 0 atom stereocenters. The average molecular weight is 597 g/mol. The van der Waals surface area contributed by atoms with Crippen LogP contribution in [0.2, 0.25) is 0 Å². The number of unbranched alkanes of at least 4 members (excludes halogenated alkanes) is 2. The van der Waals surface area contributed by atoms with Gasteiger partial charge in [-0.2, -0.15) is 0 Å². The van der Waals surface area contributed by atoms with Gasteiger partial charge in [-0.1, -0.05) is 19.8 Å². The third-order valence-electron chi connectivity index (χ3n) is 4.95. The second-order valence-corrected chi connectivity index (χ2v) is 9.91. The molecule has 12 heteroatoms. The first-order chi connectivity index (χ1) is 19.8. The summed E-state index contributed by atoms with van der Waals surface area (Å²) in [6, 6.07) is 0. The van der Waals surface area contributed by atoms with Gasteiger partial charge in [0.1, 0.15) is 12.2 Å². The highest BCUT2D eigenvalue weighted by Gasteiger charge is 2.15. The Morgan fingerprint density at radius 1 is 0.439 bits per heavy atom. The molecule has 0 N–H and O–H groups in total. The molecular weight excluding hydrogens is 540 g/mol. The Morgan fingerprint density at radius 2 is 0.780 bits per heavy atom. The fourth-order valence-electron chi connectivity index (χ4n) is 3.00. The van der Waals surface area contributed by atoms with Crippen molar-refractivity contribution in [1.82, 2.24) is 0 Å². The number of rotatable bonds is 31. The van der Waals surface area contributed by atoms with E-state index in [1.165, 1.54) is 0 Å². The molecule has 0 rings (SSSR count). The maximum absolute atomic E-state index is 11.5. The van der Waals surface area contributed by atoms with Crippen molar-refractivity contribution < 1.29 is 57.0 Å². The van der Waals surface area contributed by atoms with E-state index in [0.717, 1.165) is 19.3 Å². The minimum absolute atomic E-state index is 0.162. The van der Waals surface area contributed by atoms with Gasteiger partial charge in [-0.3, -0.25) is 9.59 Å². The first-order valence-corrected chi connectivity index (χ1v) is 14.8. The zero-order chi connectivity index (χ0) is 30.3. The molecule has 0 amide bonds. The van der Waals surface area contributed by atoms with Crippen LogP contribution in [-0.2, 0) is 57.0 Å². The third kappa shape index (κ3) is 34.7. The summed E-state index contributed by atoms with van der Waals surface area (Å²) in [5.41, 5.74) is -0.473. The molecule has 0 aromatic rings. The molecule has 0 spiro atoms. The highest BCUT2D eigenvalue weighted by Crippen LogP contribution is 2.08. The molecule has 0 aromatic heterocycles. The van der Waals surface area contributed by atoms with Crippen molar-refractivity contribution in [2.24, 2.45) is 0 Å². The van der Waals surface area contributed by atoms with E-state index in [1.807, 2.05) is 20.8 Å². The lowest BCUT2D eigenvalue weighted by Gasteiger charge is -2.19. The second kappa shape index (κ2) is 30.1. The smallest absolute Gasteiger partial charge is 0.308 e. The average Bonchev–Trinajstić information content (AvgIpc) is 2.91. The lowest BCUT2D eigenvalue weighted by molar-refractivity contribution is -0.156. The molecule has 41 heavy (non-hydrogen) atoms. The van der Waals surface area contributed by atoms with Crippen LogP contribution < -0.4 is 0 Å². The summed E-state index contributed by atoms with van der Waals surface area (Å²) in [5.74, 6) is -0.428. The number of carbonyl (C=O) groups excluding carboxylic acids is 2. The highest BCUT2D eigenvalue weighted by molar-refractivity contribution is 5.70. The Kier molecular flexibility index (Phi) is 29.1. The van der Waals surface area contributed by atoms with Gasteiger partial charge in [-0.05, 0) is 27.2 Å². The van der Waals surface area contributed by atoms with E-state index in [4.69, 9.17) is 47.4 Å². The SMILES string of the molecule is CCCCCC(=O)OCCOCCOCCOCCOCCOCCOCCOCCOCCC(=O)OC(C)(C)C. The summed E-state index contributed by atoms with van der Waals surface area (Å²) in [5, 5.41) is 0. The van der Waals surface area contributed by atoms with E-state index in [9.17, 15) is 9.59 Å². The van der Waals surface area contributed by atoms with Crippen molar-refractivity contribution in [2.45, 2.75) is 65.4 Å². The zero-order valence-corrected chi connectivity index (χ0v) is 26.0. The van der Waals surface area contributed by atoms with Crippen LogP contribution in [0.1, 0.15) is 59.8 Å². The standard InChI is InChI=1S/C29H56O12/c1-5-6-7-8-27(30)40-26-25-39-24-23-38-22-21-37-20-19-36-18-17-35-16-15-34-14-13-33-12-11-32-10-9-28(31)41-29(2,3)4/h5-26H2,1-4H3. The molecule has 0 aliphatic carbocycles. The van der Waals surface area contributed by atoms with Crippen molar-refractivity contribution >= 4 is 11.9 Å². The van der Waals surface area contributed by atoms with E-state index >= 15 is 0 Å². The summed E-state index contributed by atoms with van der Waals surface area (Å²) in [4.78, 5) is 23.0. The molecule has 0 radical (unpaired) electrons. The molecule has 0 heterocycles. The van der Waals surface area contributed by atoms with Gasteiger partial charge >= 0.3 is 11.9 Å². The number of carbonyl (C=O) groups is 2. The number of esters is 2. The molecule has 0 aliphatic heterocycles. The van der Waals surface area contributed by atoms with E-state index < -0.39 is 5.60 Å². The van der Waals surface area contributed by atoms with Crippen molar-refractivity contribution in [3.05, 3.63) is 0 Å². The first-order valence-electron chi connectivity index (χ1n) is 14.8. The van der Waals surface area contributed by atoms with Gasteiger partial charge in [0.15, 0.2) is 0 Å². The molecule has 244 valence electrons. The Balaban J connectivity index is 3.14. The summed E-state index contributed by atoms with van der Waals surface area (Å²) in [6.45, 7) is 15.2. The van der Waals surface area contributed by atoms with Crippen LogP contribution in [0, 0.1) is 0 Å². The van der Waals surface area contributed by atoms with Crippen LogP contribution in [0.25, 0.3) is 0 Å². The second-order valence-electron chi connectivity index (χ2n) is 9.91. The summed E-state index contributed by atoms with van der Waals surface area (Å²) >= 11 is 0. The molecule has 0 aliphatic rings. The Bertz CT molecular complexity index is 583. The molecule has 0 saturated heterocycles. The summed E-state index contributed by atoms with van der Waals surface area (Å²) in [7, 11) is 0. The number of hydrogen-bond donors (Lipinski definition) is 0. The van der Waals surface area contributed by atoms with Crippen LogP contribution in [0.15, 0.2) is 0 Å². The highest BCUT2D eigenvalue weighted by atomic mass is 16.6. The molecule has 0 fully saturated rings. The van der Waals surface area contributed by atoms with E-state index in [2.05, 4.69) is 6.92 Å². The van der Waals surface area contributed by atoms with Crippen molar-refractivity contribution in [3.8, 4) is 0 Å². The van der Waals surface area contributed by atoms with Gasteiger partial charge in [0.25, 0.3) is 0 Å². The van der Waals surface area contributed by atoms with Crippen molar-refractivity contribution in [2.75, 3.05) is 112 Å². The lowest BCUT2D eigenvalue weighted by Crippen LogP contribution is -2.24. The van der Waals surface area contributed by atoms with E-state index in [-0.39, 0.29) is 25.0 Å². The fourth-order valence-corrected chi connectivity index (χ4v) is 3.00. The van der Waals surface area contributed by atoms with Gasteiger partial charge < -0.3 is 47.4 Å². The predicted octanol–water partition coefficient (Wildman–Crippen LogP) is 2.97. The van der Waals surface area contributed by atoms with E-state index in [0.29, 0.717) is 112 Å². The van der Waals surface area contributed by atoms with Crippen LogP contribution >= 0.6 is 0 Å². The van der Waals surface area contributed by atoms with Crippen LogP contribution in [0.5, 0.6) is 0 Å². The molecular formula is C29H56O12. The summed E-state index contributed by atoms with van der Waals surface area (Å²) in [6.07, 6.45) is 3.72. The third-order valence-corrected chi connectivity index (χ3v) is 4.95. The number of ether oxygens (including phenoxy) is 10. The van der Waals surface area contributed by atoms with Crippen LogP contribution in [0.4, 0.5) is 0 Å². The molecule has 0 bridgehead atoms. The van der Waals surface area contributed by atoms with Crippen LogP contribution in [0.3, 0.4) is 0 Å². The van der Waals surface area contributed by atoms with Crippen LogP contribution in [-0.4, -0.2) is 130 Å². The fraction of sp³-hybridized carbons (Fsp3) is 0.931. The largest absolute Gasteiger partial charge is 0.463 e. The van der Waals surface area contributed by atoms with E-state index in [1.54, 1.807) is 0 Å². The predicted molar refractivity (Wildman–Crippen MR) is 152 cm³/mol. The minimum Gasteiger partial charge on any atom is -0.463 e. The maximum atomic E-state index is 11.5. The zero-order valence-electron chi connectivity index (χ0n) is 26.0. The normalized spacial score (nSPS) is 11.6. The Hall–Kier alpha value is -1.38. The van der Waals surface area contributed by atoms with Gasteiger partial charge in [-0.25, -0.2) is 0 Å². The Labute approximate surface area is 246 Å². The molecule has 0 unspecified atom stereocenters. The van der Waals surface area contributed by atoms with Gasteiger partial charge in [0, 0.05) is 6.42 Å². The molecule has 0 saturated carbocycles. The van der Waals surface area contributed by atoms with Gasteiger partial charge in [0.2, 0.25) is 0 Å².